The highest BCUT2D eigenvalue weighted by Crippen LogP contribution is 2.25. The van der Waals surface area contributed by atoms with Crippen LogP contribution in [-0.2, 0) is 14.4 Å². The van der Waals surface area contributed by atoms with Gasteiger partial charge in [0.1, 0.15) is 23.3 Å². The average Bonchev–Trinajstić information content (AvgIpc) is 3.11. The zero-order valence-corrected chi connectivity index (χ0v) is 14.4. The smallest absolute Gasteiger partial charge is 0.268 e. The molecule has 6 nitrogen and oxygen atoms in total. The summed E-state index contributed by atoms with van der Waals surface area (Å²) >= 11 is 0. The van der Waals surface area contributed by atoms with Gasteiger partial charge in [-0.05, 0) is 24.3 Å². The topological polar surface area (TPSA) is 79.8 Å². The number of carbonyl (C=O) groups is 2. The van der Waals surface area contributed by atoms with Crippen LogP contribution in [0.2, 0.25) is 0 Å². The number of carbonyl (C=O) groups excluding carboxylic acids is 2. The second-order valence-electron chi connectivity index (χ2n) is 5.94. The number of nitrogens with zero attached hydrogens (tertiary/aromatic N) is 1. The Bertz CT molecular complexity index is 994. The first-order valence-electron chi connectivity index (χ1n) is 8.00. The quantitative estimate of drug-likeness (QED) is 0.780. The van der Waals surface area contributed by atoms with Gasteiger partial charge in [-0.1, -0.05) is 5.16 Å². The van der Waals surface area contributed by atoms with Crippen LogP contribution >= 0.6 is 0 Å². The Hall–Kier alpha value is -3.43. The van der Waals surface area contributed by atoms with Crippen molar-refractivity contribution < 1.29 is 32.0 Å². The zero-order chi connectivity index (χ0) is 20.4. The first-order valence-corrected chi connectivity index (χ1v) is 8.00. The van der Waals surface area contributed by atoms with Gasteiger partial charge in [0.25, 0.3) is 5.91 Å². The molecule has 0 aromatic heterocycles. The highest BCUT2D eigenvalue weighted by molar-refractivity contribution is 6.06. The fourth-order valence-corrected chi connectivity index (χ4v) is 2.54. The summed E-state index contributed by atoms with van der Waals surface area (Å²) in [7, 11) is 0. The van der Waals surface area contributed by atoms with Crippen LogP contribution in [0.5, 0.6) is 0 Å². The van der Waals surface area contributed by atoms with E-state index in [-0.39, 0.29) is 23.4 Å². The number of hydrogen-bond donors (Lipinski definition) is 2. The van der Waals surface area contributed by atoms with Crippen LogP contribution in [0.15, 0.2) is 35.5 Å². The van der Waals surface area contributed by atoms with E-state index in [2.05, 4.69) is 15.8 Å². The molecule has 0 saturated carbocycles. The van der Waals surface area contributed by atoms with E-state index in [0.717, 1.165) is 31.2 Å². The van der Waals surface area contributed by atoms with Crippen LogP contribution in [-0.4, -0.2) is 23.6 Å². The van der Waals surface area contributed by atoms with Crippen molar-refractivity contribution in [2.75, 3.05) is 10.6 Å². The molecule has 2 aromatic rings. The number of halogens is 4. The molecule has 2 amide bonds. The van der Waals surface area contributed by atoms with Gasteiger partial charge in [-0.3, -0.25) is 9.59 Å². The van der Waals surface area contributed by atoms with Gasteiger partial charge in [0.05, 0.1) is 17.1 Å². The molecular weight excluding hydrogens is 382 g/mol. The number of rotatable bonds is 4. The molecular formula is C18H13F4N3O3. The summed E-state index contributed by atoms with van der Waals surface area (Å²) in [5.41, 5.74) is -0.869. The summed E-state index contributed by atoms with van der Waals surface area (Å²) in [6.07, 6.45) is -1.42. The predicted octanol–water partition coefficient (Wildman–Crippen LogP) is 3.33. The van der Waals surface area contributed by atoms with E-state index >= 15 is 0 Å². The first kappa shape index (κ1) is 19.3. The third kappa shape index (κ3) is 4.11. The molecule has 0 fully saturated rings. The molecule has 1 unspecified atom stereocenters. The Balaban J connectivity index is 1.73. The molecule has 28 heavy (non-hydrogen) atoms. The average molecular weight is 395 g/mol. The summed E-state index contributed by atoms with van der Waals surface area (Å²) in [6, 6.07) is 4.17. The Labute approximate surface area is 156 Å². The minimum absolute atomic E-state index is 0.00987. The first-order chi connectivity index (χ1) is 13.2. The van der Waals surface area contributed by atoms with Gasteiger partial charge in [0.2, 0.25) is 12.0 Å². The number of oxime groups is 1. The lowest BCUT2D eigenvalue weighted by molar-refractivity contribution is -0.125. The molecule has 0 radical (unpaired) electrons. The maximum atomic E-state index is 13.9. The van der Waals surface area contributed by atoms with Gasteiger partial charge >= 0.3 is 0 Å². The number of benzene rings is 2. The molecule has 3 rings (SSSR count). The van der Waals surface area contributed by atoms with Crippen molar-refractivity contribution in [3.63, 3.8) is 0 Å². The highest BCUT2D eigenvalue weighted by atomic mass is 19.1. The van der Waals surface area contributed by atoms with Gasteiger partial charge in [0, 0.05) is 25.0 Å². The molecule has 10 heteroatoms. The molecule has 0 bridgehead atoms. The largest absolute Gasteiger partial charge is 0.382 e. The van der Waals surface area contributed by atoms with Gasteiger partial charge in [-0.2, -0.15) is 0 Å². The summed E-state index contributed by atoms with van der Waals surface area (Å²) in [4.78, 5) is 28.3. The van der Waals surface area contributed by atoms with Crippen LogP contribution in [0.1, 0.15) is 18.9 Å². The highest BCUT2D eigenvalue weighted by Gasteiger charge is 2.31. The van der Waals surface area contributed by atoms with Crippen LogP contribution in [0.3, 0.4) is 0 Å². The van der Waals surface area contributed by atoms with Gasteiger partial charge in [0.15, 0.2) is 0 Å². The van der Waals surface area contributed by atoms with Crippen LogP contribution < -0.4 is 10.6 Å². The molecule has 1 aliphatic rings. The summed E-state index contributed by atoms with van der Waals surface area (Å²) in [6.45, 7) is 1.14. The lowest BCUT2D eigenvalue weighted by Gasteiger charge is -2.12. The molecule has 0 spiro atoms. The van der Waals surface area contributed by atoms with Gasteiger partial charge in [-0.25, -0.2) is 17.6 Å². The minimum atomic E-state index is -1.23. The second-order valence-corrected chi connectivity index (χ2v) is 5.94. The number of amides is 2. The van der Waals surface area contributed by atoms with Crippen molar-refractivity contribution >= 4 is 28.9 Å². The Morgan fingerprint density at radius 1 is 1.00 bits per heavy atom. The summed E-state index contributed by atoms with van der Waals surface area (Å²) in [5, 5.41) is 7.94. The monoisotopic (exact) mass is 395 g/mol. The lowest BCUT2D eigenvalue weighted by atomic mass is 10.0. The maximum Gasteiger partial charge on any atom is 0.268 e. The van der Waals surface area contributed by atoms with Crippen LogP contribution in [0, 0.1) is 23.3 Å². The molecule has 0 saturated heterocycles. The second kappa shape index (κ2) is 7.67. The van der Waals surface area contributed by atoms with Crippen molar-refractivity contribution in [1.29, 1.82) is 0 Å². The van der Waals surface area contributed by atoms with Crippen molar-refractivity contribution in [2.24, 2.45) is 5.16 Å². The maximum absolute atomic E-state index is 13.9. The van der Waals surface area contributed by atoms with Gasteiger partial charge in [-0.15, -0.1) is 0 Å². The Morgan fingerprint density at radius 3 is 2.36 bits per heavy atom. The zero-order valence-electron chi connectivity index (χ0n) is 14.4. The van der Waals surface area contributed by atoms with Crippen molar-refractivity contribution in [3.05, 3.63) is 59.2 Å². The molecule has 1 heterocycles. The normalized spacial score (nSPS) is 15.6. The summed E-state index contributed by atoms with van der Waals surface area (Å²) in [5.74, 6) is -4.95. The lowest BCUT2D eigenvalue weighted by Crippen LogP contribution is -2.28. The predicted molar refractivity (Wildman–Crippen MR) is 91.7 cm³/mol. The number of hydrogen-bond acceptors (Lipinski definition) is 4. The van der Waals surface area contributed by atoms with E-state index in [9.17, 15) is 27.2 Å². The number of anilines is 2. The van der Waals surface area contributed by atoms with E-state index in [0.29, 0.717) is 6.07 Å². The third-order valence-corrected chi connectivity index (χ3v) is 3.83. The van der Waals surface area contributed by atoms with Crippen LogP contribution in [0.4, 0.5) is 28.9 Å². The SMILES string of the molecule is CC(=O)Nc1cc(NC(=O)C2CC(c3cc(F)ccc3F)=NO2)c(F)cc1F. The van der Waals surface area contributed by atoms with E-state index in [1.165, 1.54) is 0 Å². The third-order valence-electron chi connectivity index (χ3n) is 3.83. The molecule has 1 atom stereocenters. The van der Waals surface area contributed by atoms with E-state index < -0.39 is 46.9 Å². The standard InChI is InChI=1S/C18H13F4N3O3/c1-8(26)23-15-6-16(13(22)5-12(15)21)24-18(27)17-7-14(25-28-17)10-4-9(19)2-3-11(10)20/h2-6,17H,7H2,1H3,(H,23,26)(H,24,27). The minimum Gasteiger partial charge on any atom is -0.382 e. The van der Waals surface area contributed by atoms with E-state index in [1.807, 2.05) is 0 Å². The van der Waals surface area contributed by atoms with Crippen molar-refractivity contribution in [2.45, 2.75) is 19.4 Å². The fourth-order valence-electron chi connectivity index (χ4n) is 2.54. The summed E-state index contributed by atoms with van der Waals surface area (Å²) < 4.78 is 54.7. The molecule has 1 aliphatic heterocycles. The Morgan fingerprint density at radius 2 is 1.68 bits per heavy atom. The van der Waals surface area contributed by atoms with Crippen LogP contribution in [0.25, 0.3) is 0 Å². The molecule has 2 aromatic carbocycles. The Kier molecular flexibility index (Phi) is 5.30. The molecule has 0 aliphatic carbocycles. The molecule has 2 N–H and O–H groups in total. The van der Waals surface area contributed by atoms with Crippen molar-refractivity contribution in [3.8, 4) is 0 Å². The number of nitrogens with one attached hydrogen (secondary N) is 2. The molecule has 146 valence electrons. The van der Waals surface area contributed by atoms with E-state index in [4.69, 9.17) is 4.84 Å². The van der Waals surface area contributed by atoms with Crippen molar-refractivity contribution in [1.82, 2.24) is 0 Å². The van der Waals surface area contributed by atoms with E-state index in [1.54, 1.807) is 0 Å². The van der Waals surface area contributed by atoms with Gasteiger partial charge < -0.3 is 15.5 Å². The fraction of sp³-hybridized carbons (Fsp3) is 0.167.